The molecule has 0 aromatic heterocycles. The van der Waals surface area contributed by atoms with Gasteiger partial charge in [-0.3, -0.25) is 4.90 Å². The molecule has 2 rings (SSSR count). The maximum atomic E-state index is 4.23. The second-order valence-corrected chi connectivity index (χ2v) is 4.72. The van der Waals surface area contributed by atoms with Gasteiger partial charge in [0, 0.05) is 18.6 Å². The lowest BCUT2D eigenvalue weighted by Crippen LogP contribution is -2.31. The van der Waals surface area contributed by atoms with Crippen LogP contribution in [0, 0.1) is 5.92 Å². The highest BCUT2D eigenvalue weighted by Gasteiger charge is 2.41. The minimum absolute atomic E-state index is 0.809. The van der Waals surface area contributed by atoms with Gasteiger partial charge in [-0.2, -0.15) is 0 Å². The lowest BCUT2D eigenvalue weighted by atomic mass is 9.91. The fraction of sp³-hybridized carbons (Fsp3) is 0.833. The summed E-state index contributed by atoms with van der Waals surface area (Å²) in [6.07, 6.45) is 5.47. The summed E-state index contributed by atoms with van der Waals surface area (Å²) in [6.45, 7) is 10.1. The van der Waals surface area contributed by atoms with Gasteiger partial charge in [-0.15, -0.1) is 0 Å². The molecule has 0 aromatic rings. The molecule has 0 spiro atoms. The summed E-state index contributed by atoms with van der Waals surface area (Å²) < 4.78 is 0. The monoisotopic (exact) mass is 179 g/mol. The summed E-state index contributed by atoms with van der Waals surface area (Å²) in [7, 11) is 0. The predicted octanol–water partition coefficient (Wildman–Crippen LogP) is 2.83. The molecule has 13 heavy (non-hydrogen) atoms. The van der Waals surface area contributed by atoms with E-state index in [1.165, 1.54) is 37.8 Å². The third-order valence-corrected chi connectivity index (χ3v) is 3.85. The van der Waals surface area contributed by atoms with Gasteiger partial charge in [0.1, 0.15) is 0 Å². The van der Waals surface area contributed by atoms with Crippen molar-refractivity contribution in [2.45, 2.75) is 51.6 Å². The van der Waals surface area contributed by atoms with Crippen molar-refractivity contribution in [3.8, 4) is 0 Å². The molecule has 2 saturated heterocycles. The summed E-state index contributed by atoms with van der Waals surface area (Å²) >= 11 is 0. The Bertz CT molecular complexity index is 209. The first-order chi connectivity index (χ1) is 6.24. The molecule has 2 aliphatic heterocycles. The largest absolute Gasteiger partial charge is 0.293 e. The molecule has 0 bridgehead atoms. The van der Waals surface area contributed by atoms with Crippen LogP contribution in [0.2, 0.25) is 0 Å². The highest BCUT2D eigenvalue weighted by atomic mass is 15.2. The molecule has 2 aliphatic rings. The fourth-order valence-electron chi connectivity index (χ4n) is 3.11. The van der Waals surface area contributed by atoms with E-state index < -0.39 is 0 Å². The van der Waals surface area contributed by atoms with Crippen molar-refractivity contribution < 1.29 is 0 Å². The molecule has 0 aliphatic carbocycles. The third-order valence-electron chi connectivity index (χ3n) is 3.85. The van der Waals surface area contributed by atoms with Gasteiger partial charge < -0.3 is 0 Å². The van der Waals surface area contributed by atoms with Crippen LogP contribution in [0.15, 0.2) is 12.2 Å². The minimum Gasteiger partial charge on any atom is -0.293 e. The average molecular weight is 179 g/mol. The molecule has 0 aromatic carbocycles. The van der Waals surface area contributed by atoms with Crippen LogP contribution >= 0.6 is 0 Å². The number of nitrogens with zero attached hydrogens (tertiary/aromatic N) is 1. The Kier molecular flexibility index (Phi) is 2.46. The molecule has 0 N–H and O–H groups in total. The summed E-state index contributed by atoms with van der Waals surface area (Å²) in [4.78, 5) is 2.67. The van der Waals surface area contributed by atoms with Crippen LogP contribution in [0.1, 0.15) is 39.5 Å². The number of hydrogen-bond donors (Lipinski definition) is 0. The van der Waals surface area contributed by atoms with Crippen molar-refractivity contribution in [3.63, 3.8) is 0 Å². The summed E-state index contributed by atoms with van der Waals surface area (Å²) in [5, 5.41) is 0. The van der Waals surface area contributed by atoms with Crippen molar-refractivity contribution >= 4 is 0 Å². The Balaban J connectivity index is 2.08. The fourth-order valence-corrected chi connectivity index (χ4v) is 3.11. The molecule has 0 unspecified atom stereocenters. The molecule has 2 heterocycles. The Hall–Kier alpha value is -0.300. The number of rotatable bonds is 2. The van der Waals surface area contributed by atoms with E-state index in [1.807, 2.05) is 0 Å². The zero-order valence-electron chi connectivity index (χ0n) is 8.92. The zero-order valence-corrected chi connectivity index (χ0v) is 8.92. The van der Waals surface area contributed by atoms with Crippen LogP contribution in [0.25, 0.3) is 0 Å². The molecule has 74 valence electrons. The van der Waals surface area contributed by atoms with Crippen LogP contribution in [0.5, 0.6) is 0 Å². The second kappa shape index (κ2) is 3.45. The average Bonchev–Trinajstić information content (AvgIpc) is 2.58. The molecule has 0 amide bonds. The smallest absolute Gasteiger partial charge is 0.0199 e. The maximum Gasteiger partial charge on any atom is 0.0199 e. The van der Waals surface area contributed by atoms with Gasteiger partial charge in [0.2, 0.25) is 0 Å². The van der Waals surface area contributed by atoms with Gasteiger partial charge in [-0.05, 0) is 32.1 Å². The van der Waals surface area contributed by atoms with Crippen LogP contribution in [-0.2, 0) is 0 Å². The second-order valence-electron chi connectivity index (χ2n) is 4.72. The van der Waals surface area contributed by atoms with E-state index in [0.29, 0.717) is 0 Å². The summed E-state index contributed by atoms with van der Waals surface area (Å²) in [5.74, 6) is 0.815. The Labute approximate surface area is 81.8 Å². The van der Waals surface area contributed by atoms with Gasteiger partial charge in [0.15, 0.2) is 0 Å². The van der Waals surface area contributed by atoms with Crippen molar-refractivity contribution in [1.82, 2.24) is 4.90 Å². The molecule has 2 fully saturated rings. The molecule has 0 radical (unpaired) electrons. The van der Waals surface area contributed by atoms with Crippen molar-refractivity contribution in [1.29, 1.82) is 0 Å². The van der Waals surface area contributed by atoms with Crippen LogP contribution in [-0.4, -0.2) is 23.5 Å². The van der Waals surface area contributed by atoms with E-state index in [2.05, 4.69) is 25.3 Å². The first kappa shape index (κ1) is 9.26. The Morgan fingerprint density at radius 1 is 1.46 bits per heavy atom. The van der Waals surface area contributed by atoms with Gasteiger partial charge in [0.25, 0.3) is 0 Å². The highest BCUT2D eigenvalue weighted by molar-refractivity contribution is 5.16. The van der Waals surface area contributed by atoms with Crippen LogP contribution in [0.4, 0.5) is 0 Å². The van der Waals surface area contributed by atoms with Crippen LogP contribution in [0.3, 0.4) is 0 Å². The number of hydrogen-bond acceptors (Lipinski definition) is 1. The summed E-state index contributed by atoms with van der Waals surface area (Å²) in [5.41, 5.74) is 1.50. The van der Waals surface area contributed by atoms with Crippen LogP contribution < -0.4 is 0 Å². The standard InChI is InChI=1S/C12H21N/c1-4-5-11-9(2)8-13-10(3)6-7-12(11)13/h10-12H,2,4-8H2,1,3H3/t10-,11-,12+/m0/s1. The first-order valence-corrected chi connectivity index (χ1v) is 5.67. The molecular weight excluding hydrogens is 158 g/mol. The van der Waals surface area contributed by atoms with Gasteiger partial charge >= 0.3 is 0 Å². The normalized spacial score (nSPS) is 39.8. The van der Waals surface area contributed by atoms with Crippen molar-refractivity contribution in [3.05, 3.63) is 12.2 Å². The lowest BCUT2D eigenvalue weighted by molar-refractivity contribution is 0.235. The van der Waals surface area contributed by atoms with E-state index in [1.54, 1.807) is 0 Å². The molecule has 1 heteroatoms. The van der Waals surface area contributed by atoms with Gasteiger partial charge in [-0.1, -0.05) is 25.5 Å². The minimum atomic E-state index is 0.809. The van der Waals surface area contributed by atoms with Crippen molar-refractivity contribution in [2.24, 2.45) is 5.92 Å². The SMILES string of the molecule is C=C1CN2[C@H](CC[C@@H]2C)[C@H]1CCC. The molecular formula is C12H21N. The van der Waals surface area contributed by atoms with Gasteiger partial charge in [0.05, 0.1) is 0 Å². The zero-order chi connectivity index (χ0) is 9.42. The van der Waals surface area contributed by atoms with Crippen molar-refractivity contribution in [2.75, 3.05) is 6.54 Å². The van der Waals surface area contributed by atoms with Gasteiger partial charge in [-0.25, -0.2) is 0 Å². The van der Waals surface area contributed by atoms with E-state index in [0.717, 1.165) is 18.0 Å². The number of fused-ring (bicyclic) bond motifs is 1. The van der Waals surface area contributed by atoms with E-state index >= 15 is 0 Å². The maximum absolute atomic E-state index is 4.23. The third kappa shape index (κ3) is 1.43. The van der Waals surface area contributed by atoms with E-state index in [4.69, 9.17) is 0 Å². The lowest BCUT2D eigenvalue weighted by Gasteiger charge is -2.22. The molecule has 0 saturated carbocycles. The Morgan fingerprint density at radius 3 is 2.92 bits per heavy atom. The first-order valence-electron chi connectivity index (χ1n) is 5.67. The summed E-state index contributed by atoms with van der Waals surface area (Å²) in [6, 6.07) is 1.66. The van der Waals surface area contributed by atoms with E-state index in [9.17, 15) is 0 Å². The topological polar surface area (TPSA) is 3.24 Å². The highest BCUT2D eigenvalue weighted by Crippen LogP contribution is 2.40. The molecule has 1 nitrogen and oxygen atoms in total. The van der Waals surface area contributed by atoms with E-state index in [-0.39, 0.29) is 0 Å². The molecule has 3 atom stereocenters. The predicted molar refractivity (Wildman–Crippen MR) is 56.7 cm³/mol. The Morgan fingerprint density at radius 2 is 2.23 bits per heavy atom. The quantitative estimate of drug-likeness (QED) is 0.589.